The van der Waals surface area contributed by atoms with Gasteiger partial charge in [-0.25, -0.2) is 4.39 Å². The lowest BCUT2D eigenvalue weighted by Gasteiger charge is -2.24. The van der Waals surface area contributed by atoms with Crippen LogP contribution in [0.5, 0.6) is 0 Å². The first-order chi connectivity index (χ1) is 9.85. The van der Waals surface area contributed by atoms with Crippen LogP contribution in [0.2, 0.25) is 5.02 Å². The molecule has 1 aromatic carbocycles. The van der Waals surface area contributed by atoms with Crippen LogP contribution in [0.15, 0.2) is 43.0 Å². The van der Waals surface area contributed by atoms with E-state index in [2.05, 4.69) is 6.58 Å². The maximum Gasteiger partial charge on any atom is 0.250 e. The number of benzene rings is 1. The van der Waals surface area contributed by atoms with Gasteiger partial charge in [-0.15, -0.1) is 6.58 Å². The zero-order valence-electron chi connectivity index (χ0n) is 12.6. The number of carbonyl (C=O) groups excluding carboxylic acids is 1. The molecule has 0 spiro atoms. The van der Waals surface area contributed by atoms with Crippen LogP contribution in [0.25, 0.3) is 0 Å². The minimum Gasteiger partial charge on any atom is -0.306 e. The highest BCUT2D eigenvalue weighted by atomic mass is 35.5. The molecular weight excluding hydrogens is 289 g/mol. The number of hydrogen-bond donors (Lipinski definition) is 0. The van der Waals surface area contributed by atoms with Crippen LogP contribution in [0.4, 0.5) is 10.1 Å². The normalized spacial score (nSPS) is 12.7. The van der Waals surface area contributed by atoms with Crippen molar-refractivity contribution in [2.45, 2.75) is 20.8 Å². The lowest BCUT2D eigenvalue weighted by Crippen LogP contribution is -2.33. The van der Waals surface area contributed by atoms with Gasteiger partial charge in [0.25, 0.3) is 5.91 Å². The van der Waals surface area contributed by atoms with E-state index < -0.39 is 5.82 Å². The standard InChI is InChI=1S/C17H21ClFNO/c1-5-13(4)6-9-17(21)20(11-12(2)3)16-8-7-14(18)10-15(16)19/h5-10,12-13H,1,11H2,2-4H3/b9-6+. The zero-order valence-corrected chi connectivity index (χ0v) is 13.4. The summed E-state index contributed by atoms with van der Waals surface area (Å²) in [6, 6.07) is 4.33. The number of anilines is 1. The highest BCUT2D eigenvalue weighted by molar-refractivity contribution is 6.30. The Bertz CT molecular complexity index is 540. The van der Waals surface area contributed by atoms with Crippen LogP contribution < -0.4 is 4.90 Å². The molecule has 1 rings (SSSR count). The number of allylic oxidation sites excluding steroid dienone is 2. The van der Waals surface area contributed by atoms with Gasteiger partial charge in [-0.1, -0.05) is 44.5 Å². The van der Waals surface area contributed by atoms with E-state index in [0.717, 1.165) is 0 Å². The number of carbonyl (C=O) groups is 1. The third-order valence-corrected chi connectivity index (χ3v) is 3.16. The Labute approximate surface area is 130 Å². The molecular formula is C17H21ClFNO. The van der Waals surface area contributed by atoms with Crippen molar-refractivity contribution in [3.8, 4) is 0 Å². The summed E-state index contributed by atoms with van der Waals surface area (Å²) in [4.78, 5) is 13.8. The molecule has 0 radical (unpaired) electrons. The van der Waals surface area contributed by atoms with E-state index >= 15 is 0 Å². The van der Waals surface area contributed by atoms with Crippen molar-refractivity contribution in [3.63, 3.8) is 0 Å². The molecule has 21 heavy (non-hydrogen) atoms. The van der Waals surface area contributed by atoms with Crippen molar-refractivity contribution in [2.75, 3.05) is 11.4 Å². The third kappa shape index (κ3) is 5.35. The first-order valence-electron chi connectivity index (χ1n) is 6.92. The van der Waals surface area contributed by atoms with Crippen LogP contribution in [0.1, 0.15) is 20.8 Å². The van der Waals surface area contributed by atoms with Crippen molar-refractivity contribution >= 4 is 23.2 Å². The Hall–Kier alpha value is -1.61. The number of rotatable bonds is 6. The molecule has 0 aliphatic rings. The summed E-state index contributed by atoms with van der Waals surface area (Å²) in [5, 5.41) is 0.309. The lowest BCUT2D eigenvalue weighted by molar-refractivity contribution is -0.114. The fraction of sp³-hybridized carbons (Fsp3) is 0.353. The van der Waals surface area contributed by atoms with Gasteiger partial charge in [0.2, 0.25) is 0 Å². The van der Waals surface area contributed by atoms with E-state index in [1.165, 1.54) is 23.1 Å². The van der Waals surface area contributed by atoms with Crippen LogP contribution >= 0.6 is 11.6 Å². The molecule has 0 saturated heterocycles. The molecule has 2 nitrogen and oxygen atoms in total. The van der Waals surface area contributed by atoms with Gasteiger partial charge in [0.05, 0.1) is 5.69 Å². The Morgan fingerprint density at radius 1 is 1.43 bits per heavy atom. The molecule has 0 bridgehead atoms. The summed E-state index contributed by atoms with van der Waals surface area (Å²) in [7, 11) is 0. The second kappa shape index (κ2) is 7.99. The third-order valence-electron chi connectivity index (χ3n) is 2.93. The highest BCUT2D eigenvalue weighted by Gasteiger charge is 2.18. The molecule has 0 N–H and O–H groups in total. The second-order valence-electron chi connectivity index (χ2n) is 5.39. The van der Waals surface area contributed by atoms with Crippen LogP contribution in [0.3, 0.4) is 0 Å². The summed E-state index contributed by atoms with van der Waals surface area (Å²) in [6.07, 6.45) is 4.94. The number of halogens is 2. The fourth-order valence-corrected chi connectivity index (χ4v) is 1.93. The summed E-state index contributed by atoms with van der Waals surface area (Å²) in [5.41, 5.74) is 0.244. The van der Waals surface area contributed by atoms with Gasteiger partial charge >= 0.3 is 0 Å². The number of hydrogen-bond acceptors (Lipinski definition) is 1. The van der Waals surface area contributed by atoms with Crippen LogP contribution in [-0.2, 0) is 4.79 Å². The highest BCUT2D eigenvalue weighted by Crippen LogP contribution is 2.24. The Morgan fingerprint density at radius 2 is 2.10 bits per heavy atom. The lowest BCUT2D eigenvalue weighted by atomic mass is 10.1. The molecule has 0 aliphatic heterocycles. The van der Waals surface area contributed by atoms with Gasteiger partial charge in [-0.05, 0) is 30.0 Å². The minimum absolute atomic E-state index is 0.0879. The van der Waals surface area contributed by atoms with E-state index in [1.54, 1.807) is 18.2 Å². The average Bonchev–Trinajstić information content (AvgIpc) is 2.42. The summed E-state index contributed by atoms with van der Waals surface area (Å²) >= 11 is 5.76. The predicted molar refractivity (Wildman–Crippen MR) is 87.1 cm³/mol. The van der Waals surface area contributed by atoms with Gasteiger partial charge < -0.3 is 4.90 Å². The Kier molecular flexibility index (Phi) is 6.63. The van der Waals surface area contributed by atoms with Gasteiger partial charge in [0.15, 0.2) is 0 Å². The van der Waals surface area contributed by atoms with Gasteiger partial charge in [-0.3, -0.25) is 4.79 Å². The van der Waals surface area contributed by atoms with Crippen LogP contribution in [0, 0.1) is 17.7 Å². The summed E-state index contributed by atoms with van der Waals surface area (Å²) < 4.78 is 14.1. The molecule has 1 unspecified atom stereocenters. The molecule has 1 atom stereocenters. The average molecular weight is 310 g/mol. The largest absolute Gasteiger partial charge is 0.306 e. The molecule has 0 heterocycles. The number of nitrogens with zero attached hydrogens (tertiary/aromatic N) is 1. The van der Waals surface area contributed by atoms with Crippen LogP contribution in [-0.4, -0.2) is 12.5 Å². The molecule has 114 valence electrons. The fourth-order valence-electron chi connectivity index (χ4n) is 1.77. The molecule has 1 aromatic rings. The zero-order chi connectivity index (χ0) is 16.0. The topological polar surface area (TPSA) is 20.3 Å². The van der Waals surface area contributed by atoms with Gasteiger partial charge in [0.1, 0.15) is 5.82 Å². The monoisotopic (exact) mass is 309 g/mol. The maximum atomic E-state index is 14.1. The van der Waals surface area contributed by atoms with Gasteiger partial charge in [-0.2, -0.15) is 0 Å². The van der Waals surface area contributed by atoms with Crippen molar-refractivity contribution in [1.29, 1.82) is 0 Å². The Morgan fingerprint density at radius 3 is 2.62 bits per heavy atom. The second-order valence-corrected chi connectivity index (χ2v) is 5.83. The smallest absolute Gasteiger partial charge is 0.250 e. The SMILES string of the molecule is C=CC(C)/C=C/C(=O)N(CC(C)C)c1ccc(Cl)cc1F. The summed E-state index contributed by atoms with van der Waals surface area (Å²) in [5.74, 6) is -0.445. The minimum atomic E-state index is -0.498. The van der Waals surface area contributed by atoms with E-state index in [-0.39, 0.29) is 23.4 Å². The van der Waals surface area contributed by atoms with E-state index in [1.807, 2.05) is 20.8 Å². The van der Waals surface area contributed by atoms with Crippen molar-refractivity contribution in [2.24, 2.45) is 11.8 Å². The molecule has 0 saturated carbocycles. The molecule has 0 aliphatic carbocycles. The van der Waals surface area contributed by atoms with Crippen molar-refractivity contribution in [1.82, 2.24) is 0 Å². The summed E-state index contributed by atoms with van der Waals surface area (Å²) in [6.45, 7) is 9.97. The molecule has 4 heteroatoms. The first-order valence-corrected chi connectivity index (χ1v) is 7.30. The van der Waals surface area contributed by atoms with Crippen molar-refractivity contribution < 1.29 is 9.18 Å². The quantitative estimate of drug-likeness (QED) is 0.543. The molecule has 1 amide bonds. The predicted octanol–water partition coefficient (Wildman–Crippen LogP) is 4.85. The van der Waals surface area contributed by atoms with E-state index in [9.17, 15) is 9.18 Å². The van der Waals surface area contributed by atoms with Crippen molar-refractivity contribution in [3.05, 3.63) is 53.8 Å². The number of amides is 1. The molecule has 0 aromatic heterocycles. The Balaban J connectivity index is 3.07. The van der Waals surface area contributed by atoms with E-state index in [4.69, 9.17) is 11.6 Å². The first kappa shape index (κ1) is 17.4. The van der Waals surface area contributed by atoms with Gasteiger partial charge in [0, 0.05) is 17.6 Å². The maximum absolute atomic E-state index is 14.1. The van der Waals surface area contributed by atoms with E-state index in [0.29, 0.717) is 11.6 Å². The molecule has 0 fully saturated rings.